The number of rotatable bonds is 6. The van der Waals surface area contributed by atoms with E-state index in [0.717, 1.165) is 25.0 Å². The van der Waals surface area contributed by atoms with Gasteiger partial charge in [0.25, 0.3) is 5.91 Å². The molecule has 0 atom stereocenters. The molecule has 0 radical (unpaired) electrons. The van der Waals surface area contributed by atoms with Gasteiger partial charge in [-0.3, -0.25) is 14.7 Å². The van der Waals surface area contributed by atoms with Gasteiger partial charge in [0.15, 0.2) is 9.84 Å². The fourth-order valence-corrected chi connectivity index (χ4v) is 6.57. The molecule has 1 saturated heterocycles. The molecule has 4 aromatic rings. The van der Waals surface area contributed by atoms with E-state index in [9.17, 15) is 13.2 Å². The minimum absolute atomic E-state index is 0.0168. The van der Waals surface area contributed by atoms with Crippen molar-refractivity contribution < 1.29 is 13.2 Å². The maximum atomic E-state index is 13.2. The molecule has 3 aromatic carbocycles. The van der Waals surface area contributed by atoms with Gasteiger partial charge in [-0.1, -0.05) is 75.4 Å². The Kier molecular flexibility index (Phi) is 7.56. The van der Waals surface area contributed by atoms with Gasteiger partial charge in [-0.05, 0) is 46.4 Å². The molecule has 1 aliphatic rings. The Bertz CT molecular complexity index is 1560. The molecule has 5 rings (SSSR count). The van der Waals surface area contributed by atoms with Crippen molar-refractivity contribution in [2.45, 2.75) is 43.4 Å². The SMILES string of the molecule is CC(C)(C)c1ccc(CN2CCN(C(=O)c3ccc(CS(=O)(=O)c4cccc5cccnc45)cc3)CC2)cc1. The van der Waals surface area contributed by atoms with Crippen LogP contribution in [0.3, 0.4) is 0 Å². The van der Waals surface area contributed by atoms with Crippen molar-refractivity contribution in [1.82, 2.24) is 14.8 Å². The molecule has 1 aliphatic heterocycles. The number of amides is 1. The number of piperazine rings is 1. The minimum atomic E-state index is -3.60. The van der Waals surface area contributed by atoms with Crippen molar-refractivity contribution in [2.24, 2.45) is 0 Å². The van der Waals surface area contributed by atoms with Crippen LogP contribution >= 0.6 is 0 Å². The van der Waals surface area contributed by atoms with Crippen LogP contribution in [0.2, 0.25) is 0 Å². The van der Waals surface area contributed by atoms with Crippen LogP contribution in [-0.2, 0) is 27.5 Å². The molecule has 202 valence electrons. The van der Waals surface area contributed by atoms with Crippen molar-refractivity contribution in [2.75, 3.05) is 26.2 Å². The number of fused-ring (bicyclic) bond motifs is 1. The first-order valence-electron chi connectivity index (χ1n) is 13.4. The zero-order chi connectivity index (χ0) is 27.6. The molecule has 6 nitrogen and oxygen atoms in total. The lowest BCUT2D eigenvalue weighted by Crippen LogP contribution is -2.48. The van der Waals surface area contributed by atoms with Gasteiger partial charge in [-0.25, -0.2) is 8.42 Å². The molecular weight excluding hydrogens is 506 g/mol. The maximum absolute atomic E-state index is 13.2. The van der Waals surface area contributed by atoms with Crippen molar-refractivity contribution in [3.05, 3.63) is 107 Å². The Balaban J connectivity index is 1.18. The summed E-state index contributed by atoms with van der Waals surface area (Å²) in [6, 6.07) is 24.6. The number of carbonyl (C=O) groups is 1. The van der Waals surface area contributed by atoms with Crippen LogP contribution in [0.15, 0.2) is 90.0 Å². The molecule has 7 heteroatoms. The lowest BCUT2D eigenvalue weighted by Gasteiger charge is -2.35. The molecule has 1 fully saturated rings. The third-order valence-electron chi connectivity index (χ3n) is 7.37. The normalized spacial score (nSPS) is 15.0. The number of nitrogens with zero attached hydrogens (tertiary/aromatic N) is 3. The zero-order valence-electron chi connectivity index (χ0n) is 22.8. The van der Waals surface area contributed by atoms with Crippen LogP contribution in [0.5, 0.6) is 0 Å². The first-order valence-corrected chi connectivity index (χ1v) is 15.0. The molecule has 0 saturated carbocycles. The predicted octanol–water partition coefficient (Wildman–Crippen LogP) is 5.46. The second kappa shape index (κ2) is 10.9. The summed E-state index contributed by atoms with van der Waals surface area (Å²) < 4.78 is 26.4. The molecule has 0 bridgehead atoms. The van der Waals surface area contributed by atoms with Gasteiger partial charge in [0.2, 0.25) is 0 Å². The van der Waals surface area contributed by atoms with Crippen molar-refractivity contribution >= 4 is 26.6 Å². The van der Waals surface area contributed by atoms with Gasteiger partial charge in [0, 0.05) is 49.9 Å². The predicted molar refractivity (Wildman–Crippen MR) is 155 cm³/mol. The number of para-hydroxylation sites is 1. The highest BCUT2D eigenvalue weighted by molar-refractivity contribution is 7.90. The van der Waals surface area contributed by atoms with Gasteiger partial charge >= 0.3 is 0 Å². The van der Waals surface area contributed by atoms with Gasteiger partial charge in [-0.2, -0.15) is 0 Å². The van der Waals surface area contributed by atoms with E-state index in [2.05, 4.69) is 54.9 Å². The Labute approximate surface area is 231 Å². The van der Waals surface area contributed by atoms with Crippen LogP contribution in [0, 0.1) is 0 Å². The maximum Gasteiger partial charge on any atom is 0.253 e. The van der Waals surface area contributed by atoms with E-state index in [0.29, 0.717) is 29.7 Å². The number of hydrogen-bond donors (Lipinski definition) is 0. The van der Waals surface area contributed by atoms with Gasteiger partial charge in [0.05, 0.1) is 16.2 Å². The average Bonchev–Trinajstić information content (AvgIpc) is 2.93. The largest absolute Gasteiger partial charge is 0.336 e. The third kappa shape index (κ3) is 6.21. The molecular formula is C32H35N3O3S. The second-order valence-electron chi connectivity index (χ2n) is 11.3. The first-order chi connectivity index (χ1) is 18.6. The van der Waals surface area contributed by atoms with Crippen molar-refractivity contribution in [1.29, 1.82) is 0 Å². The lowest BCUT2D eigenvalue weighted by atomic mass is 9.87. The van der Waals surface area contributed by atoms with Gasteiger partial charge in [0.1, 0.15) is 0 Å². The number of aromatic nitrogens is 1. The number of benzene rings is 3. The fraction of sp³-hybridized carbons (Fsp3) is 0.312. The minimum Gasteiger partial charge on any atom is -0.336 e. The molecule has 39 heavy (non-hydrogen) atoms. The highest BCUT2D eigenvalue weighted by Crippen LogP contribution is 2.25. The van der Waals surface area contributed by atoms with E-state index >= 15 is 0 Å². The quantitative estimate of drug-likeness (QED) is 0.324. The number of sulfone groups is 1. The van der Waals surface area contributed by atoms with E-state index in [4.69, 9.17) is 0 Å². The summed E-state index contributed by atoms with van der Waals surface area (Å²) in [5, 5.41) is 0.790. The summed E-state index contributed by atoms with van der Waals surface area (Å²) in [6.45, 7) is 10.5. The van der Waals surface area contributed by atoms with E-state index in [1.54, 1.807) is 48.7 Å². The molecule has 2 heterocycles. The van der Waals surface area contributed by atoms with Crippen molar-refractivity contribution in [3.63, 3.8) is 0 Å². The van der Waals surface area contributed by atoms with Crippen molar-refractivity contribution in [3.8, 4) is 0 Å². The van der Waals surface area contributed by atoms with E-state index < -0.39 is 9.84 Å². The average molecular weight is 542 g/mol. The Morgan fingerprint density at radius 1 is 0.821 bits per heavy atom. The van der Waals surface area contributed by atoms with E-state index in [1.807, 2.05) is 17.0 Å². The smallest absolute Gasteiger partial charge is 0.253 e. The van der Waals surface area contributed by atoms with Crippen LogP contribution < -0.4 is 0 Å². The lowest BCUT2D eigenvalue weighted by molar-refractivity contribution is 0.0628. The van der Waals surface area contributed by atoms with Gasteiger partial charge in [-0.15, -0.1) is 0 Å². The van der Waals surface area contributed by atoms with Gasteiger partial charge < -0.3 is 4.90 Å². The molecule has 0 unspecified atom stereocenters. The Morgan fingerprint density at radius 2 is 1.46 bits per heavy atom. The molecule has 1 aromatic heterocycles. The van der Waals surface area contributed by atoms with Crippen LogP contribution in [0.25, 0.3) is 10.9 Å². The molecule has 1 amide bonds. The first kappa shape index (κ1) is 27.0. The molecule has 0 aliphatic carbocycles. The van der Waals surface area contributed by atoms with Crippen LogP contribution in [0.1, 0.15) is 47.8 Å². The number of pyridine rings is 1. The standard InChI is InChI=1S/C32H35N3O3S/c1-32(2,3)28-15-11-24(12-16-28)22-34-18-20-35(21-19-34)31(36)27-13-9-25(10-14-27)23-39(37,38)29-8-4-6-26-7-5-17-33-30(26)29/h4-17H,18-23H2,1-3H3. The van der Waals surface area contributed by atoms with E-state index in [-0.39, 0.29) is 22.0 Å². The van der Waals surface area contributed by atoms with Crippen LogP contribution in [-0.4, -0.2) is 55.3 Å². The topological polar surface area (TPSA) is 70.6 Å². The summed E-state index contributed by atoms with van der Waals surface area (Å²) in [4.78, 5) is 21.9. The highest BCUT2D eigenvalue weighted by Gasteiger charge is 2.23. The molecule has 0 N–H and O–H groups in total. The summed E-state index contributed by atoms with van der Waals surface area (Å²) in [5.74, 6) is -0.163. The fourth-order valence-electron chi connectivity index (χ4n) is 5.03. The number of hydrogen-bond acceptors (Lipinski definition) is 5. The summed E-state index contributed by atoms with van der Waals surface area (Å²) >= 11 is 0. The summed E-state index contributed by atoms with van der Waals surface area (Å²) in [6.07, 6.45) is 1.60. The summed E-state index contributed by atoms with van der Waals surface area (Å²) in [5.41, 5.74) is 4.46. The second-order valence-corrected chi connectivity index (χ2v) is 13.3. The van der Waals surface area contributed by atoms with E-state index in [1.165, 1.54) is 11.1 Å². The Hall–Kier alpha value is -3.55. The Morgan fingerprint density at radius 3 is 2.13 bits per heavy atom. The summed E-state index contributed by atoms with van der Waals surface area (Å²) in [7, 11) is -3.60. The third-order valence-corrected chi connectivity index (χ3v) is 9.09. The zero-order valence-corrected chi connectivity index (χ0v) is 23.6. The molecule has 0 spiro atoms. The monoisotopic (exact) mass is 541 g/mol. The highest BCUT2D eigenvalue weighted by atomic mass is 32.2. The number of carbonyl (C=O) groups excluding carboxylic acids is 1. The van der Waals surface area contributed by atoms with Crippen LogP contribution in [0.4, 0.5) is 0 Å².